The molecule has 1 heterocycles. The third kappa shape index (κ3) is 3.31. The molecule has 0 bridgehead atoms. The fourth-order valence-electron chi connectivity index (χ4n) is 4.58. The van der Waals surface area contributed by atoms with Crippen LogP contribution in [0.3, 0.4) is 0 Å². The Hall–Kier alpha value is -2.42. The zero-order valence-electron chi connectivity index (χ0n) is 16.0. The summed E-state index contributed by atoms with van der Waals surface area (Å²) in [7, 11) is 0. The lowest BCUT2D eigenvalue weighted by atomic mass is 9.75. The highest BCUT2D eigenvalue weighted by Crippen LogP contribution is 2.41. The van der Waals surface area contributed by atoms with E-state index in [4.69, 9.17) is 4.74 Å². The number of rotatable bonds is 4. The van der Waals surface area contributed by atoms with E-state index < -0.39 is 5.60 Å². The predicted molar refractivity (Wildman–Crippen MR) is 105 cm³/mol. The van der Waals surface area contributed by atoms with Crippen molar-refractivity contribution >= 4 is 11.8 Å². The summed E-state index contributed by atoms with van der Waals surface area (Å²) in [4.78, 5) is 25.2. The van der Waals surface area contributed by atoms with Crippen LogP contribution >= 0.6 is 0 Å². The first-order chi connectivity index (χ1) is 13.0. The molecular weight excluding hydrogens is 336 g/mol. The van der Waals surface area contributed by atoms with Crippen molar-refractivity contribution in [1.82, 2.24) is 0 Å². The Morgan fingerprint density at radius 2 is 1.70 bits per heavy atom. The van der Waals surface area contributed by atoms with Crippen LogP contribution in [-0.4, -0.2) is 11.8 Å². The summed E-state index contributed by atoms with van der Waals surface area (Å²) < 4.78 is 5.54. The summed E-state index contributed by atoms with van der Waals surface area (Å²) in [6, 6.07) is 16.1. The van der Waals surface area contributed by atoms with E-state index in [1.807, 2.05) is 18.2 Å². The SMILES string of the molecule is Cc1ccc(C2CCC(CC(=O)C3(C)OC(=O)c4ccccc43)CC2)cc1. The highest BCUT2D eigenvalue weighted by atomic mass is 16.6. The van der Waals surface area contributed by atoms with Crippen molar-refractivity contribution in [2.45, 2.75) is 57.5 Å². The largest absolute Gasteiger partial charge is 0.443 e. The molecule has 1 unspecified atom stereocenters. The molecule has 0 spiro atoms. The molecule has 0 aromatic heterocycles. The Bertz CT molecular complexity index is 859. The topological polar surface area (TPSA) is 43.4 Å². The van der Waals surface area contributed by atoms with Gasteiger partial charge in [0.15, 0.2) is 11.4 Å². The number of Topliss-reactive ketones (excluding diaryl/α,β-unsaturated/α-hetero) is 1. The Balaban J connectivity index is 1.40. The molecular formula is C24H26O3. The van der Waals surface area contributed by atoms with Crippen LogP contribution in [0.4, 0.5) is 0 Å². The summed E-state index contributed by atoms with van der Waals surface area (Å²) in [6.07, 6.45) is 4.83. The second-order valence-corrected chi connectivity index (χ2v) is 8.22. The van der Waals surface area contributed by atoms with Gasteiger partial charge in [0.05, 0.1) is 5.56 Å². The smallest absolute Gasteiger partial charge is 0.339 e. The number of ether oxygens (including phenoxy) is 1. The third-order valence-corrected chi connectivity index (χ3v) is 6.36. The molecule has 0 amide bonds. The fraction of sp³-hybridized carbons (Fsp3) is 0.417. The first-order valence-electron chi connectivity index (χ1n) is 9.90. The molecule has 2 aromatic carbocycles. The van der Waals surface area contributed by atoms with Crippen molar-refractivity contribution < 1.29 is 14.3 Å². The minimum atomic E-state index is -1.12. The normalized spacial score (nSPS) is 27.1. The highest BCUT2D eigenvalue weighted by molar-refractivity contribution is 6.02. The first kappa shape index (κ1) is 18.0. The number of carbonyl (C=O) groups is 2. The lowest BCUT2D eigenvalue weighted by Gasteiger charge is -2.31. The average Bonchev–Trinajstić information content (AvgIpc) is 2.95. The first-order valence-corrected chi connectivity index (χ1v) is 9.90. The van der Waals surface area contributed by atoms with E-state index >= 15 is 0 Å². The van der Waals surface area contributed by atoms with Crippen LogP contribution in [0, 0.1) is 12.8 Å². The maximum Gasteiger partial charge on any atom is 0.339 e. The molecule has 2 aliphatic rings. The summed E-state index contributed by atoms with van der Waals surface area (Å²) in [5, 5.41) is 0. The van der Waals surface area contributed by atoms with Gasteiger partial charge in [0.25, 0.3) is 0 Å². The summed E-state index contributed by atoms with van der Waals surface area (Å²) in [6.45, 7) is 3.86. The van der Waals surface area contributed by atoms with Gasteiger partial charge in [-0.3, -0.25) is 4.79 Å². The van der Waals surface area contributed by atoms with Gasteiger partial charge in [0, 0.05) is 12.0 Å². The van der Waals surface area contributed by atoms with Gasteiger partial charge >= 0.3 is 5.97 Å². The summed E-state index contributed by atoms with van der Waals surface area (Å²) in [5.74, 6) is 0.615. The molecule has 1 aliphatic heterocycles. The van der Waals surface area contributed by atoms with Crippen molar-refractivity contribution in [1.29, 1.82) is 0 Å². The summed E-state index contributed by atoms with van der Waals surface area (Å²) >= 11 is 0. The van der Waals surface area contributed by atoms with Gasteiger partial charge in [-0.25, -0.2) is 4.79 Å². The minimum absolute atomic E-state index is 0.0274. The summed E-state index contributed by atoms with van der Waals surface area (Å²) in [5.41, 5.74) is 2.82. The van der Waals surface area contributed by atoms with E-state index in [1.54, 1.807) is 13.0 Å². The number of fused-ring (bicyclic) bond motifs is 1. The average molecular weight is 362 g/mol. The van der Waals surface area contributed by atoms with Crippen molar-refractivity contribution in [3.05, 3.63) is 70.8 Å². The van der Waals surface area contributed by atoms with Gasteiger partial charge < -0.3 is 4.74 Å². The Morgan fingerprint density at radius 3 is 2.41 bits per heavy atom. The lowest BCUT2D eigenvalue weighted by molar-refractivity contribution is -0.137. The van der Waals surface area contributed by atoms with Gasteiger partial charge in [-0.2, -0.15) is 0 Å². The lowest BCUT2D eigenvalue weighted by Crippen LogP contribution is -2.34. The Kier molecular flexibility index (Phi) is 4.63. The standard InChI is InChI=1S/C24H26O3/c1-16-7-11-18(12-8-16)19-13-9-17(10-14-19)15-22(25)24(2)21-6-4-3-5-20(21)23(26)27-24/h3-8,11-12,17,19H,9-10,13-15H2,1-2H3. The monoisotopic (exact) mass is 362 g/mol. The maximum absolute atomic E-state index is 13.1. The van der Waals surface area contributed by atoms with Crippen LogP contribution in [0.5, 0.6) is 0 Å². The van der Waals surface area contributed by atoms with Gasteiger partial charge in [0.1, 0.15) is 0 Å². The zero-order chi connectivity index (χ0) is 19.0. The quantitative estimate of drug-likeness (QED) is 0.692. The Morgan fingerprint density at radius 1 is 1.04 bits per heavy atom. The van der Waals surface area contributed by atoms with Crippen molar-refractivity contribution in [3.63, 3.8) is 0 Å². The molecule has 0 radical (unpaired) electrons. The molecule has 4 rings (SSSR count). The molecule has 3 nitrogen and oxygen atoms in total. The molecule has 0 saturated heterocycles. The molecule has 0 N–H and O–H groups in total. The van der Waals surface area contributed by atoms with Crippen molar-refractivity contribution in [3.8, 4) is 0 Å². The van der Waals surface area contributed by atoms with Crippen LogP contribution in [0.15, 0.2) is 48.5 Å². The highest BCUT2D eigenvalue weighted by Gasteiger charge is 2.47. The van der Waals surface area contributed by atoms with Crippen molar-refractivity contribution in [2.24, 2.45) is 5.92 Å². The second-order valence-electron chi connectivity index (χ2n) is 8.22. The fourth-order valence-corrected chi connectivity index (χ4v) is 4.58. The van der Waals surface area contributed by atoms with Crippen LogP contribution in [-0.2, 0) is 15.1 Å². The van der Waals surface area contributed by atoms with Gasteiger partial charge in [0.2, 0.25) is 0 Å². The number of esters is 1. The van der Waals surface area contributed by atoms with E-state index in [2.05, 4.69) is 31.2 Å². The van der Waals surface area contributed by atoms with Crippen LogP contribution in [0.2, 0.25) is 0 Å². The number of carbonyl (C=O) groups excluding carboxylic acids is 2. The molecule has 2 aromatic rings. The number of ketones is 1. The maximum atomic E-state index is 13.1. The van der Waals surface area contributed by atoms with E-state index in [1.165, 1.54) is 11.1 Å². The Labute approximate surface area is 160 Å². The van der Waals surface area contributed by atoms with E-state index in [-0.39, 0.29) is 11.8 Å². The number of hydrogen-bond acceptors (Lipinski definition) is 3. The molecule has 1 fully saturated rings. The molecule has 1 atom stereocenters. The van der Waals surface area contributed by atoms with Crippen molar-refractivity contribution in [2.75, 3.05) is 0 Å². The van der Waals surface area contributed by atoms with Gasteiger partial charge in [-0.15, -0.1) is 0 Å². The molecule has 1 aliphatic carbocycles. The molecule has 140 valence electrons. The van der Waals surface area contributed by atoms with Crippen LogP contribution < -0.4 is 0 Å². The number of benzene rings is 2. The van der Waals surface area contributed by atoms with Crippen LogP contribution in [0.25, 0.3) is 0 Å². The zero-order valence-corrected chi connectivity index (χ0v) is 16.0. The van der Waals surface area contributed by atoms with Gasteiger partial charge in [-0.1, -0.05) is 48.0 Å². The van der Waals surface area contributed by atoms with E-state index in [0.29, 0.717) is 29.4 Å². The molecule has 3 heteroatoms. The number of hydrogen-bond donors (Lipinski definition) is 0. The van der Waals surface area contributed by atoms with E-state index in [0.717, 1.165) is 25.7 Å². The molecule has 27 heavy (non-hydrogen) atoms. The second kappa shape index (κ2) is 6.95. The number of cyclic esters (lactones) is 1. The molecule has 1 saturated carbocycles. The van der Waals surface area contributed by atoms with E-state index in [9.17, 15) is 9.59 Å². The van der Waals surface area contributed by atoms with Crippen LogP contribution in [0.1, 0.15) is 72.0 Å². The predicted octanol–water partition coefficient (Wildman–Crippen LogP) is 5.31. The van der Waals surface area contributed by atoms with Gasteiger partial charge in [-0.05, 0) is 63.0 Å². The number of aryl methyl sites for hydroxylation is 1. The minimum Gasteiger partial charge on any atom is -0.443 e. The third-order valence-electron chi connectivity index (χ3n) is 6.36.